The van der Waals surface area contributed by atoms with E-state index in [9.17, 15) is 9.59 Å². The molecule has 1 atom stereocenters. The van der Waals surface area contributed by atoms with Gasteiger partial charge in [-0.15, -0.1) is 0 Å². The Labute approximate surface area is 171 Å². The summed E-state index contributed by atoms with van der Waals surface area (Å²) in [6.45, 7) is 6.28. The summed E-state index contributed by atoms with van der Waals surface area (Å²) in [4.78, 5) is 26.4. The lowest BCUT2D eigenvalue weighted by Crippen LogP contribution is -2.39. The number of para-hydroxylation sites is 1. The van der Waals surface area contributed by atoms with E-state index >= 15 is 0 Å². The van der Waals surface area contributed by atoms with Crippen molar-refractivity contribution in [3.05, 3.63) is 53.1 Å². The van der Waals surface area contributed by atoms with Gasteiger partial charge in [0.2, 0.25) is 18.6 Å². The van der Waals surface area contributed by atoms with Crippen LogP contribution in [0.4, 0.5) is 5.69 Å². The summed E-state index contributed by atoms with van der Waals surface area (Å²) >= 11 is 0. The van der Waals surface area contributed by atoms with Gasteiger partial charge in [-0.1, -0.05) is 24.3 Å². The molecule has 1 heterocycles. The Morgan fingerprint density at radius 1 is 1.03 bits per heavy atom. The van der Waals surface area contributed by atoms with Crippen molar-refractivity contribution in [1.29, 1.82) is 0 Å². The average molecular weight is 397 g/mol. The number of nitrogens with one attached hydrogen (secondary N) is 2. The van der Waals surface area contributed by atoms with Crippen LogP contribution in [0.1, 0.15) is 29.7 Å². The molecule has 0 bridgehead atoms. The number of rotatable bonds is 7. The number of anilines is 1. The van der Waals surface area contributed by atoms with Crippen molar-refractivity contribution in [3.8, 4) is 11.5 Å². The first-order chi connectivity index (χ1) is 13.8. The molecular formula is C22H27N3O4. The number of benzene rings is 2. The minimum atomic E-state index is -0.186. The zero-order valence-electron chi connectivity index (χ0n) is 17.2. The molecule has 0 radical (unpaired) electrons. The van der Waals surface area contributed by atoms with Crippen LogP contribution in [0.5, 0.6) is 11.5 Å². The van der Waals surface area contributed by atoms with Gasteiger partial charge in [0.25, 0.3) is 0 Å². The van der Waals surface area contributed by atoms with Crippen LogP contribution in [0.3, 0.4) is 0 Å². The highest BCUT2D eigenvalue weighted by molar-refractivity contribution is 5.94. The number of nitrogens with zero attached hydrogens (tertiary/aromatic N) is 1. The summed E-state index contributed by atoms with van der Waals surface area (Å²) in [6, 6.07) is 11.3. The van der Waals surface area contributed by atoms with E-state index in [1.165, 1.54) is 0 Å². The lowest BCUT2D eigenvalue weighted by atomic mass is 10.1. The largest absolute Gasteiger partial charge is 0.454 e. The van der Waals surface area contributed by atoms with Crippen molar-refractivity contribution in [2.24, 2.45) is 0 Å². The summed E-state index contributed by atoms with van der Waals surface area (Å²) < 4.78 is 10.7. The zero-order chi connectivity index (χ0) is 21.0. The first-order valence-corrected chi connectivity index (χ1v) is 9.57. The Hall–Kier alpha value is -3.06. The summed E-state index contributed by atoms with van der Waals surface area (Å²) in [5, 5.41) is 5.89. The number of fused-ring (bicyclic) bond motifs is 1. The number of carbonyl (C=O) groups excluding carboxylic acids is 2. The molecule has 2 aromatic rings. The Kier molecular flexibility index (Phi) is 6.39. The molecule has 0 spiro atoms. The van der Waals surface area contributed by atoms with Crippen molar-refractivity contribution in [2.75, 3.05) is 32.2 Å². The predicted molar refractivity (Wildman–Crippen MR) is 111 cm³/mol. The third kappa shape index (κ3) is 5.26. The number of likely N-dealkylation sites (N-methyl/N-ethyl adjacent to an activating group) is 1. The van der Waals surface area contributed by atoms with E-state index in [2.05, 4.69) is 10.6 Å². The molecule has 3 rings (SSSR count). The lowest BCUT2D eigenvalue weighted by Gasteiger charge is -2.20. The number of amides is 2. The topological polar surface area (TPSA) is 79.9 Å². The zero-order valence-corrected chi connectivity index (χ0v) is 17.2. The molecule has 7 nitrogen and oxygen atoms in total. The summed E-state index contributed by atoms with van der Waals surface area (Å²) in [7, 11) is 1.75. The van der Waals surface area contributed by atoms with Crippen molar-refractivity contribution in [1.82, 2.24) is 10.2 Å². The quantitative estimate of drug-likeness (QED) is 0.751. The van der Waals surface area contributed by atoms with Gasteiger partial charge in [-0.05, 0) is 56.6 Å². The van der Waals surface area contributed by atoms with Gasteiger partial charge in [0.1, 0.15) is 0 Å². The summed E-state index contributed by atoms with van der Waals surface area (Å²) in [5.41, 5.74) is 3.78. The second kappa shape index (κ2) is 8.96. The van der Waals surface area contributed by atoms with E-state index in [0.29, 0.717) is 11.5 Å². The average Bonchev–Trinajstić information content (AvgIpc) is 3.12. The maximum atomic E-state index is 12.4. The molecule has 7 heteroatoms. The third-order valence-corrected chi connectivity index (χ3v) is 4.85. The van der Waals surface area contributed by atoms with E-state index in [4.69, 9.17) is 9.47 Å². The molecule has 0 aromatic heterocycles. The van der Waals surface area contributed by atoms with Gasteiger partial charge in [0, 0.05) is 5.69 Å². The molecule has 0 fully saturated rings. The van der Waals surface area contributed by atoms with E-state index < -0.39 is 0 Å². The first kappa shape index (κ1) is 20.7. The molecule has 0 aliphatic carbocycles. The normalized spacial score (nSPS) is 13.3. The van der Waals surface area contributed by atoms with Crippen LogP contribution in [-0.2, 0) is 9.59 Å². The number of ether oxygens (including phenoxy) is 2. The van der Waals surface area contributed by atoms with Gasteiger partial charge >= 0.3 is 0 Å². The van der Waals surface area contributed by atoms with Crippen LogP contribution < -0.4 is 20.1 Å². The Bertz CT molecular complexity index is 893. The van der Waals surface area contributed by atoms with E-state index in [1.54, 1.807) is 11.9 Å². The van der Waals surface area contributed by atoms with Crippen molar-refractivity contribution < 1.29 is 19.1 Å². The molecule has 154 valence electrons. The van der Waals surface area contributed by atoms with Gasteiger partial charge in [-0.3, -0.25) is 14.5 Å². The van der Waals surface area contributed by atoms with Crippen LogP contribution in [0.15, 0.2) is 36.4 Å². The van der Waals surface area contributed by atoms with Gasteiger partial charge < -0.3 is 20.1 Å². The maximum Gasteiger partial charge on any atom is 0.238 e. The Morgan fingerprint density at radius 2 is 1.69 bits per heavy atom. The van der Waals surface area contributed by atoms with Gasteiger partial charge in [-0.2, -0.15) is 0 Å². The number of hydrogen-bond acceptors (Lipinski definition) is 5. The summed E-state index contributed by atoms with van der Waals surface area (Å²) in [5.74, 6) is 1.09. The molecule has 29 heavy (non-hydrogen) atoms. The summed E-state index contributed by atoms with van der Waals surface area (Å²) in [6.07, 6.45) is 0. The molecule has 0 saturated heterocycles. The fourth-order valence-electron chi connectivity index (χ4n) is 3.29. The van der Waals surface area contributed by atoms with E-state index in [-0.39, 0.29) is 37.7 Å². The van der Waals surface area contributed by atoms with E-state index in [0.717, 1.165) is 22.4 Å². The van der Waals surface area contributed by atoms with E-state index in [1.807, 2.05) is 57.2 Å². The smallest absolute Gasteiger partial charge is 0.238 e. The Morgan fingerprint density at radius 3 is 2.41 bits per heavy atom. The molecule has 0 saturated carbocycles. The third-order valence-electron chi connectivity index (χ3n) is 4.85. The highest BCUT2D eigenvalue weighted by Gasteiger charge is 2.18. The second-order valence-electron chi connectivity index (χ2n) is 7.39. The standard InChI is InChI=1S/C22H27N3O4/c1-14-6-5-7-15(2)22(14)24-21(27)12-25(4)11-20(26)23-16(3)17-8-9-18-19(10-17)29-13-28-18/h5-10,16H,11-13H2,1-4H3,(H,23,26)(H,24,27)/t16-/m1/s1. The van der Waals surface area contributed by atoms with Gasteiger partial charge in [-0.25, -0.2) is 0 Å². The number of carbonyl (C=O) groups is 2. The van der Waals surface area contributed by atoms with Crippen LogP contribution >= 0.6 is 0 Å². The fourth-order valence-corrected chi connectivity index (χ4v) is 3.29. The molecule has 0 unspecified atom stereocenters. The maximum absolute atomic E-state index is 12.4. The number of hydrogen-bond donors (Lipinski definition) is 2. The van der Waals surface area contributed by atoms with Crippen molar-refractivity contribution in [3.63, 3.8) is 0 Å². The van der Waals surface area contributed by atoms with Crippen LogP contribution in [-0.4, -0.2) is 43.6 Å². The lowest BCUT2D eigenvalue weighted by molar-refractivity contribution is -0.123. The molecule has 2 N–H and O–H groups in total. The predicted octanol–water partition coefficient (Wildman–Crippen LogP) is 2.78. The molecule has 1 aliphatic heterocycles. The van der Waals surface area contributed by atoms with Gasteiger partial charge in [0.05, 0.1) is 19.1 Å². The second-order valence-corrected chi connectivity index (χ2v) is 7.39. The molecule has 2 amide bonds. The van der Waals surface area contributed by atoms with Crippen molar-refractivity contribution in [2.45, 2.75) is 26.8 Å². The highest BCUT2D eigenvalue weighted by atomic mass is 16.7. The van der Waals surface area contributed by atoms with Gasteiger partial charge in [0.15, 0.2) is 11.5 Å². The van der Waals surface area contributed by atoms with Crippen LogP contribution in [0.2, 0.25) is 0 Å². The molecule has 2 aromatic carbocycles. The minimum Gasteiger partial charge on any atom is -0.454 e. The van der Waals surface area contributed by atoms with Crippen LogP contribution in [0, 0.1) is 13.8 Å². The van der Waals surface area contributed by atoms with Crippen LogP contribution in [0.25, 0.3) is 0 Å². The number of aryl methyl sites for hydroxylation is 2. The first-order valence-electron chi connectivity index (χ1n) is 9.57. The Balaban J connectivity index is 1.49. The van der Waals surface area contributed by atoms with Crippen molar-refractivity contribution >= 4 is 17.5 Å². The fraction of sp³-hybridized carbons (Fsp3) is 0.364. The monoisotopic (exact) mass is 397 g/mol. The SMILES string of the molecule is Cc1cccc(C)c1NC(=O)CN(C)CC(=O)N[C@H](C)c1ccc2c(c1)OCO2. The molecule has 1 aliphatic rings. The highest BCUT2D eigenvalue weighted by Crippen LogP contribution is 2.34. The minimum absolute atomic E-state index is 0.120. The molecular weight excluding hydrogens is 370 g/mol.